The van der Waals surface area contributed by atoms with Crippen molar-refractivity contribution in [1.82, 2.24) is 9.80 Å². The van der Waals surface area contributed by atoms with Crippen LogP contribution in [0, 0.1) is 6.92 Å². The summed E-state index contributed by atoms with van der Waals surface area (Å²) in [5, 5.41) is 0.678. The minimum atomic E-state index is 0.118. The number of carbonyl (C=O) groups excluding carboxylic acids is 1. The second-order valence-electron chi connectivity index (χ2n) is 4.55. The third-order valence-corrected chi connectivity index (χ3v) is 3.44. The first-order chi connectivity index (χ1) is 8.08. The van der Waals surface area contributed by atoms with Gasteiger partial charge in [0.1, 0.15) is 0 Å². The van der Waals surface area contributed by atoms with Crippen molar-refractivity contribution in [2.24, 2.45) is 0 Å². The summed E-state index contributed by atoms with van der Waals surface area (Å²) in [5.74, 6) is 0.118. The fourth-order valence-corrected chi connectivity index (χ4v) is 2.27. The first-order valence-electron chi connectivity index (χ1n) is 5.82. The molecule has 1 amide bonds. The number of carbonyl (C=O) groups is 1. The molecule has 0 bridgehead atoms. The van der Waals surface area contributed by atoms with Crippen LogP contribution in [-0.2, 0) is 0 Å². The molecular weight excluding hydrogens is 236 g/mol. The summed E-state index contributed by atoms with van der Waals surface area (Å²) in [4.78, 5) is 16.5. The van der Waals surface area contributed by atoms with Gasteiger partial charge in [-0.25, -0.2) is 0 Å². The molecule has 0 spiro atoms. The van der Waals surface area contributed by atoms with E-state index in [1.54, 1.807) is 6.07 Å². The highest BCUT2D eigenvalue weighted by atomic mass is 35.5. The molecule has 1 heterocycles. The Bertz CT molecular complexity index is 425. The Labute approximate surface area is 107 Å². The van der Waals surface area contributed by atoms with Crippen LogP contribution < -0.4 is 0 Å². The lowest BCUT2D eigenvalue weighted by molar-refractivity contribution is 0.0663. The van der Waals surface area contributed by atoms with E-state index >= 15 is 0 Å². The molecule has 1 saturated heterocycles. The molecule has 17 heavy (non-hydrogen) atoms. The number of likely N-dealkylation sites (N-methyl/N-ethyl adjacent to an activating group) is 1. The van der Waals surface area contributed by atoms with Gasteiger partial charge >= 0.3 is 0 Å². The second kappa shape index (κ2) is 5.07. The van der Waals surface area contributed by atoms with Crippen molar-refractivity contribution >= 4 is 17.5 Å². The zero-order valence-electron chi connectivity index (χ0n) is 10.2. The highest BCUT2D eigenvalue weighted by Crippen LogP contribution is 2.17. The van der Waals surface area contributed by atoms with Gasteiger partial charge in [-0.2, -0.15) is 0 Å². The van der Waals surface area contributed by atoms with E-state index < -0.39 is 0 Å². The van der Waals surface area contributed by atoms with Crippen molar-refractivity contribution in [3.05, 3.63) is 34.3 Å². The largest absolute Gasteiger partial charge is 0.336 e. The Balaban J connectivity index is 2.14. The Hall–Kier alpha value is -1.06. The van der Waals surface area contributed by atoms with Crippen LogP contribution in [-0.4, -0.2) is 48.9 Å². The van der Waals surface area contributed by atoms with E-state index in [1.165, 1.54) is 0 Å². The van der Waals surface area contributed by atoms with Crippen LogP contribution >= 0.6 is 11.6 Å². The van der Waals surface area contributed by atoms with Gasteiger partial charge in [-0.15, -0.1) is 0 Å². The topological polar surface area (TPSA) is 23.6 Å². The molecule has 4 heteroatoms. The zero-order valence-corrected chi connectivity index (χ0v) is 11.0. The van der Waals surface area contributed by atoms with E-state index in [9.17, 15) is 4.79 Å². The molecule has 2 rings (SSSR count). The first kappa shape index (κ1) is 12.4. The van der Waals surface area contributed by atoms with Crippen LogP contribution in [0.5, 0.6) is 0 Å². The van der Waals surface area contributed by atoms with Crippen LogP contribution in [0.3, 0.4) is 0 Å². The summed E-state index contributed by atoms with van der Waals surface area (Å²) >= 11 is 5.89. The summed E-state index contributed by atoms with van der Waals surface area (Å²) < 4.78 is 0. The molecule has 0 unspecified atom stereocenters. The van der Waals surface area contributed by atoms with Crippen molar-refractivity contribution < 1.29 is 4.79 Å². The minimum absolute atomic E-state index is 0.118. The Morgan fingerprint density at radius 1 is 1.24 bits per heavy atom. The molecule has 0 atom stereocenters. The Morgan fingerprint density at radius 2 is 1.88 bits per heavy atom. The number of hydrogen-bond acceptors (Lipinski definition) is 2. The maximum Gasteiger partial charge on any atom is 0.254 e. The van der Waals surface area contributed by atoms with Gasteiger partial charge in [0.15, 0.2) is 0 Å². The van der Waals surface area contributed by atoms with Gasteiger partial charge in [0.05, 0.1) is 0 Å². The molecule has 1 aliphatic rings. The normalized spacial score (nSPS) is 17.2. The molecule has 1 aromatic rings. The molecule has 1 aliphatic heterocycles. The number of nitrogens with zero attached hydrogens (tertiary/aromatic N) is 2. The van der Waals surface area contributed by atoms with Crippen LogP contribution in [0.15, 0.2) is 18.2 Å². The van der Waals surface area contributed by atoms with E-state index in [0.717, 1.165) is 37.3 Å². The van der Waals surface area contributed by atoms with E-state index in [1.807, 2.05) is 24.0 Å². The fraction of sp³-hybridized carbons (Fsp3) is 0.462. The number of amides is 1. The van der Waals surface area contributed by atoms with Gasteiger partial charge in [0.25, 0.3) is 5.91 Å². The Kier molecular flexibility index (Phi) is 3.69. The predicted molar refractivity (Wildman–Crippen MR) is 69.6 cm³/mol. The standard InChI is InChI=1S/C13H17ClN2O/c1-10-9-11(14)3-4-12(10)13(17)16-7-5-15(2)6-8-16/h3-4,9H,5-8H2,1-2H3. The number of benzene rings is 1. The lowest BCUT2D eigenvalue weighted by Crippen LogP contribution is -2.47. The van der Waals surface area contributed by atoms with Crippen molar-refractivity contribution in [3.8, 4) is 0 Å². The lowest BCUT2D eigenvalue weighted by Gasteiger charge is -2.32. The van der Waals surface area contributed by atoms with Gasteiger partial charge in [0.2, 0.25) is 0 Å². The lowest BCUT2D eigenvalue weighted by atomic mass is 10.1. The third kappa shape index (κ3) is 2.79. The molecule has 0 saturated carbocycles. The molecule has 0 N–H and O–H groups in total. The molecule has 0 aliphatic carbocycles. The maximum atomic E-state index is 12.3. The van der Waals surface area contributed by atoms with Crippen molar-refractivity contribution in [2.45, 2.75) is 6.92 Å². The zero-order chi connectivity index (χ0) is 12.4. The summed E-state index contributed by atoms with van der Waals surface area (Å²) in [7, 11) is 2.08. The second-order valence-corrected chi connectivity index (χ2v) is 4.99. The Morgan fingerprint density at radius 3 is 2.47 bits per heavy atom. The highest BCUT2D eigenvalue weighted by molar-refractivity contribution is 6.30. The quantitative estimate of drug-likeness (QED) is 0.764. The van der Waals surface area contributed by atoms with Gasteiger partial charge in [-0.05, 0) is 37.7 Å². The van der Waals surface area contributed by atoms with Crippen molar-refractivity contribution in [3.63, 3.8) is 0 Å². The smallest absolute Gasteiger partial charge is 0.254 e. The molecule has 1 fully saturated rings. The van der Waals surface area contributed by atoms with E-state index in [0.29, 0.717) is 5.02 Å². The molecule has 92 valence electrons. The average Bonchev–Trinajstić information content (AvgIpc) is 2.29. The monoisotopic (exact) mass is 252 g/mol. The summed E-state index contributed by atoms with van der Waals surface area (Å²) in [6, 6.07) is 5.43. The summed E-state index contributed by atoms with van der Waals surface area (Å²) in [6.07, 6.45) is 0. The van der Waals surface area contributed by atoms with Crippen molar-refractivity contribution in [1.29, 1.82) is 0 Å². The predicted octanol–water partition coefficient (Wildman–Crippen LogP) is 2.04. The molecule has 0 radical (unpaired) electrons. The average molecular weight is 253 g/mol. The highest BCUT2D eigenvalue weighted by Gasteiger charge is 2.21. The maximum absolute atomic E-state index is 12.3. The summed E-state index contributed by atoms with van der Waals surface area (Å²) in [5.41, 5.74) is 1.71. The number of rotatable bonds is 1. The van der Waals surface area contributed by atoms with E-state index in [-0.39, 0.29) is 5.91 Å². The molecule has 0 aromatic heterocycles. The summed E-state index contributed by atoms with van der Waals surface area (Å²) in [6.45, 7) is 5.42. The van der Waals surface area contributed by atoms with Crippen LogP contribution in [0.2, 0.25) is 5.02 Å². The van der Waals surface area contributed by atoms with Crippen LogP contribution in [0.4, 0.5) is 0 Å². The van der Waals surface area contributed by atoms with Gasteiger partial charge in [-0.3, -0.25) is 4.79 Å². The van der Waals surface area contributed by atoms with Crippen LogP contribution in [0.25, 0.3) is 0 Å². The fourth-order valence-electron chi connectivity index (χ4n) is 2.05. The van der Waals surface area contributed by atoms with Gasteiger partial charge in [0, 0.05) is 36.8 Å². The van der Waals surface area contributed by atoms with E-state index in [4.69, 9.17) is 11.6 Å². The van der Waals surface area contributed by atoms with Crippen LogP contribution in [0.1, 0.15) is 15.9 Å². The minimum Gasteiger partial charge on any atom is -0.336 e. The number of halogens is 1. The molecule has 1 aromatic carbocycles. The molecular formula is C13H17ClN2O. The number of piperazine rings is 1. The third-order valence-electron chi connectivity index (χ3n) is 3.21. The molecule has 3 nitrogen and oxygen atoms in total. The SMILES string of the molecule is Cc1cc(Cl)ccc1C(=O)N1CCN(C)CC1. The first-order valence-corrected chi connectivity index (χ1v) is 6.19. The van der Waals surface area contributed by atoms with E-state index in [2.05, 4.69) is 11.9 Å². The number of aryl methyl sites for hydroxylation is 1. The van der Waals surface area contributed by atoms with Gasteiger partial charge in [-0.1, -0.05) is 11.6 Å². The van der Waals surface area contributed by atoms with Crippen molar-refractivity contribution in [2.75, 3.05) is 33.2 Å². The van der Waals surface area contributed by atoms with Gasteiger partial charge < -0.3 is 9.80 Å². The number of hydrogen-bond donors (Lipinski definition) is 0.